The molecule has 0 radical (unpaired) electrons. The number of sulfonamides is 1. The van der Waals surface area contributed by atoms with Crippen LogP contribution in [0.25, 0.3) is 0 Å². The van der Waals surface area contributed by atoms with Gasteiger partial charge in [0.05, 0.1) is 11.1 Å². The molecular weight excluding hydrogens is 528 g/mol. The number of carboxylic acid groups (broad SMARTS) is 1. The second-order valence-corrected chi connectivity index (χ2v) is 8.71. The van der Waals surface area contributed by atoms with Crippen LogP contribution in [0.1, 0.15) is 22.1 Å². The van der Waals surface area contributed by atoms with Crippen molar-refractivity contribution < 1.29 is 24.5 Å². The number of nitrogens with one attached hydrogen (secondary N) is 1. The van der Waals surface area contributed by atoms with E-state index in [1.54, 1.807) is 0 Å². The molecule has 3 rings (SSSR count). The lowest BCUT2D eigenvalue weighted by Gasteiger charge is -2.09. The number of carboxylic acids is 1. The molecule has 0 atom stereocenters. The van der Waals surface area contributed by atoms with Gasteiger partial charge >= 0.3 is 5.97 Å². The number of aromatic carboxylic acids is 1. The third-order valence-electron chi connectivity index (χ3n) is 3.42. The molecule has 0 aromatic carbocycles. The van der Waals surface area contributed by atoms with Crippen molar-refractivity contribution in [3.8, 4) is 0 Å². The van der Waals surface area contributed by atoms with Gasteiger partial charge in [-0.25, -0.2) is 32.9 Å². The molecule has 3 aromatic rings. The first-order valence-corrected chi connectivity index (χ1v) is 11.1. The lowest BCUT2D eigenvalue weighted by Crippen LogP contribution is -2.31. The number of anilines is 1. The lowest BCUT2D eigenvalue weighted by molar-refractivity contribution is 0.0696. The summed E-state index contributed by atoms with van der Waals surface area (Å²) >= 11 is 22.2. The lowest BCUT2D eigenvalue weighted by atomic mass is 10.3. The van der Waals surface area contributed by atoms with Crippen LogP contribution in [0.15, 0.2) is 47.5 Å². The van der Waals surface area contributed by atoms with Crippen LogP contribution in [0.2, 0.25) is 20.6 Å². The zero-order chi connectivity index (χ0) is 24.1. The average molecular weight is 541 g/mol. The number of nitrogens with zero attached hydrogens (tertiary/aromatic N) is 3. The summed E-state index contributed by atoms with van der Waals surface area (Å²) in [6, 6.07) is 7.85. The molecule has 1 amide bonds. The Morgan fingerprint density at radius 2 is 1.47 bits per heavy atom. The van der Waals surface area contributed by atoms with Gasteiger partial charge in [-0.05, 0) is 36.4 Å². The quantitative estimate of drug-likeness (QED) is 0.417. The Balaban J connectivity index is 0.000000385. The molecule has 0 fully saturated rings. The SMILES string of the molecule is Nc1ncccc1S(=O)(=O)NC(=O)c1ccc(Cl)nc1Cl.O=C(O)c1ccc(Cl)nc1Cl.[HH]. The van der Waals surface area contributed by atoms with Crippen molar-refractivity contribution in [2.24, 2.45) is 0 Å². The third-order valence-corrected chi connectivity index (χ3v) is 5.80. The number of nitrogen functional groups attached to an aromatic ring is 1. The highest BCUT2D eigenvalue weighted by atomic mass is 35.5. The van der Waals surface area contributed by atoms with E-state index in [1.807, 2.05) is 4.72 Å². The van der Waals surface area contributed by atoms with E-state index in [0.717, 1.165) is 0 Å². The number of pyridine rings is 3. The standard InChI is InChI=1S/C11H8Cl2N4O3S.C6H3Cl2NO2.H2/c12-8-4-3-6(9(13)16-8)11(18)17-21(19,20)7-2-1-5-15-10(7)14;7-4-2-1-3(6(10)11)5(8)9-4;/h1-5H,(H2,14,15)(H,17,18);1-2H,(H,10,11);1H. The van der Waals surface area contributed by atoms with Gasteiger partial charge in [0.2, 0.25) is 0 Å². The summed E-state index contributed by atoms with van der Waals surface area (Å²) in [5, 5.41) is 8.44. The van der Waals surface area contributed by atoms with Crippen LogP contribution in [0.3, 0.4) is 0 Å². The van der Waals surface area contributed by atoms with E-state index >= 15 is 0 Å². The Kier molecular flexibility index (Phi) is 8.58. The van der Waals surface area contributed by atoms with Crippen molar-refractivity contribution in [2.45, 2.75) is 4.90 Å². The molecule has 0 bridgehead atoms. The van der Waals surface area contributed by atoms with E-state index < -0.39 is 21.9 Å². The molecule has 3 heterocycles. The summed E-state index contributed by atoms with van der Waals surface area (Å²) < 4.78 is 26.0. The van der Waals surface area contributed by atoms with Crippen LogP contribution in [0.5, 0.6) is 0 Å². The summed E-state index contributed by atoms with van der Waals surface area (Å²) in [5.74, 6) is -2.29. The van der Waals surface area contributed by atoms with Gasteiger partial charge in [-0.1, -0.05) is 46.4 Å². The van der Waals surface area contributed by atoms with Crippen LogP contribution in [0, 0.1) is 0 Å². The Morgan fingerprint density at radius 1 is 0.938 bits per heavy atom. The van der Waals surface area contributed by atoms with Gasteiger partial charge in [0.1, 0.15) is 31.3 Å². The Labute approximate surface area is 202 Å². The van der Waals surface area contributed by atoms with E-state index in [1.165, 1.54) is 42.6 Å². The second-order valence-electron chi connectivity index (χ2n) is 5.57. The van der Waals surface area contributed by atoms with E-state index in [-0.39, 0.29) is 43.9 Å². The zero-order valence-corrected chi connectivity index (χ0v) is 19.3. The first kappa shape index (κ1) is 25.6. The van der Waals surface area contributed by atoms with Crippen LogP contribution in [0.4, 0.5) is 5.82 Å². The van der Waals surface area contributed by atoms with E-state index in [0.29, 0.717) is 0 Å². The van der Waals surface area contributed by atoms with Gasteiger partial charge in [-0.2, -0.15) is 0 Å². The van der Waals surface area contributed by atoms with Crippen molar-refractivity contribution in [2.75, 3.05) is 5.73 Å². The number of halogens is 4. The first-order valence-electron chi connectivity index (χ1n) is 8.07. The monoisotopic (exact) mass is 539 g/mol. The minimum Gasteiger partial charge on any atom is -0.478 e. The number of nitrogens with two attached hydrogens (primary N) is 1. The van der Waals surface area contributed by atoms with Gasteiger partial charge in [0.25, 0.3) is 15.9 Å². The van der Waals surface area contributed by atoms with Gasteiger partial charge in [0.15, 0.2) is 0 Å². The number of aromatic nitrogens is 3. The molecule has 10 nitrogen and oxygen atoms in total. The van der Waals surface area contributed by atoms with Gasteiger partial charge in [-0.15, -0.1) is 0 Å². The molecule has 0 aliphatic rings. The van der Waals surface area contributed by atoms with Crippen molar-refractivity contribution in [1.29, 1.82) is 0 Å². The summed E-state index contributed by atoms with van der Waals surface area (Å²) in [6.07, 6.45) is 1.33. The van der Waals surface area contributed by atoms with E-state index in [9.17, 15) is 18.0 Å². The average Bonchev–Trinajstić information content (AvgIpc) is 2.67. The van der Waals surface area contributed by atoms with E-state index in [2.05, 4.69) is 15.0 Å². The molecule has 0 aliphatic heterocycles. The van der Waals surface area contributed by atoms with Crippen LogP contribution in [-0.4, -0.2) is 40.4 Å². The zero-order valence-electron chi connectivity index (χ0n) is 15.5. The maximum absolute atomic E-state index is 12.1. The molecule has 0 saturated heterocycles. The molecule has 0 saturated carbocycles. The second kappa shape index (κ2) is 10.7. The number of carbonyl (C=O) groups excluding carboxylic acids is 1. The van der Waals surface area contributed by atoms with Gasteiger partial charge in [-0.3, -0.25) is 4.79 Å². The van der Waals surface area contributed by atoms with Crippen molar-refractivity contribution in [3.63, 3.8) is 0 Å². The number of hydrogen-bond donors (Lipinski definition) is 3. The highest BCUT2D eigenvalue weighted by Gasteiger charge is 2.23. The van der Waals surface area contributed by atoms with Gasteiger partial charge in [0, 0.05) is 7.62 Å². The molecule has 0 aliphatic carbocycles. The number of hydrogen-bond acceptors (Lipinski definition) is 8. The molecule has 0 spiro atoms. The van der Waals surface area contributed by atoms with E-state index in [4.69, 9.17) is 57.2 Å². The number of amides is 1. The number of carbonyl (C=O) groups is 2. The third kappa shape index (κ3) is 6.65. The summed E-state index contributed by atoms with van der Waals surface area (Å²) in [5.41, 5.74) is 5.30. The summed E-state index contributed by atoms with van der Waals surface area (Å²) in [7, 11) is -4.17. The summed E-state index contributed by atoms with van der Waals surface area (Å²) in [6.45, 7) is 0. The van der Waals surface area contributed by atoms with Gasteiger partial charge < -0.3 is 10.8 Å². The molecule has 170 valence electrons. The summed E-state index contributed by atoms with van der Waals surface area (Å²) in [4.78, 5) is 32.9. The van der Waals surface area contributed by atoms with Crippen LogP contribution < -0.4 is 10.5 Å². The topological polar surface area (TPSA) is 165 Å². The Bertz CT molecular complexity index is 1300. The minimum atomic E-state index is -4.17. The highest BCUT2D eigenvalue weighted by Crippen LogP contribution is 2.19. The smallest absolute Gasteiger partial charge is 0.338 e. The van der Waals surface area contributed by atoms with Crippen LogP contribution in [-0.2, 0) is 10.0 Å². The number of rotatable bonds is 4. The highest BCUT2D eigenvalue weighted by molar-refractivity contribution is 7.90. The molecule has 32 heavy (non-hydrogen) atoms. The van der Waals surface area contributed by atoms with Crippen molar-refractivity contribution in [1.82, 2.24) is 19.7 Å². The molecule has 15 heteroatoms. The normalized spacial score (nSPS) is 10.6. The maximum atomic E-state index is 12.1. The fraction of sp³-hybridized carbons (Fsp3) is 0. The van der Waals surface area contributed by atoms with Crippen LogP contribution >= 0.6 is 46.4 Å². The largest absolute Gasteiger partial charge is 0.478 e. The fourth-order valence-corrected chi connectivity index (χ4v) is 3.92. The Morgan fingerprint density at radius 3 is 1.94 bits per heavy atom. The van der Waals surface area contributed by atoms with Crippen molar-refractivity contribution in [3.05, 3.63) is 74.3 Å². The first-order chi connectivity index (χ1) is 14.9. The predicted molar refractivity (Wildman–Crippen MR) is 121 cm³/mol. The fourth-order valence-electron chi connectivity index (χ4n) is 2.02. The molecular formula is C17H13Cl4N5O5S. The molecule has 0 unspecified atom stereocenters. The Hall–Kier alpha value is -2.70. The maximum Gasteiger partial charge on any atom is 0.338 e. The minimum absolute atomic E-state index is 0. The van der Waals surface area contributed by atoms with Crippen molar-refractivity contribution >= 4 is 74.1 Å². The molecule has 4 N–H and O–H groups in total. The predicted octanol–water partition coefficient (Wildman–Crippen LogP) is 3.82. The molecule has 3 aromatic heterocycles.